The first-order valence-electron chi connectivity index (χ1n) is 4.65. The van der Waals surface area contributed by atoms with Crippen molar-refractivity contribution in [2.24, 2.45) is 5.92 Å². The van der Waals surface area contributed by atoms with Crippen molar-refractivity contribution in [1.82, 2.24) is 0 Å². The third-order valence-electron chi connectivity index (χ3n) is 2.59. The molecule has 1 aromatic carbocycles. The molecule has 0 saturated heterocycles. The zero-order valence-corrected chi connectivity index (χ0v) is 9.70. The molecule has 0 aliphatic heterocycles. The van der Waals surface area contributed by atoms with Crippen LogP contribution in [-0.2, 0) is 14.6 Å². The second kappa shape index (κ2) is 3.75. The van der Waals surface area contributed by atoms with Gasteiger partial charge in [-0.25, -0.2) is 8.42 Å². The summed E-state index contributed by atoms with van der Waals surface area (Å²) in [6, 6.07) is 5.75. The van der Waals surface area contributed by atoms with Crippen molar-refractivity contribution in [3.05, 3.63) is 29.3 Å². The van der Waals surface area contributed by atoms with Crippen LogP contribution in [0.2, 0.25) is 5.02 Å². The molecule has 1 aromatic rings. The highest BCUT2D eigenvalue weighted by Crippen LogP contribution is 2.40. The standard InChI is InChI=1S/C10H9ClO4S/c11-6-1-3-7(4-2-6)16(14,15)9-5-8(9)10(12)13/h1-4,8-9H,5H2,(H,12,13). The van der Waals surface area contributed by atoms with Gasteiger partial charge < -0.3 is 5.11 Å². The van der Waals surface area contributed by atoms with Crippen LogP contribution in [0.15, 0.2) is 29.2 Å². The molecule has 0 heterocycles. The number of carboxylic acid groups (broad SMARTS) is 1. The third-order valence-corrected chi connectivity index (χ3v) is 5.09. The van der Waals surface area contributed by atoms with Gasteiger partial charge in [0.25, 0.3) is 0 Å². The van der Waals surface area contributed by atoms with Crippen LogP contribution in [0.5, 0.6) is 0 Å². The van der Waals surface area contributed by atoms with E-state index in [0.29, 0.717) is 5.02 Å². The Kier molecular flexibility index (Phi) is 2.67. The molecule has 2 rings (SSSR count). The van der Waals surface area contributed by atoms with E-state index >= 15 is 0 Å². The van der Waals surface area contributed by atoms with Crippen molar-refractivity contribution in [2.75, 3.05) is 0 Å². The second-order valence-electron chi connectivity index (χ2n) is 3.72. The highest BCUT2D eigenvalue weighted by Gasteiger charge is 2.52. The minimum atomic E-state index is -3.52. The Labute approximate surface area is 97.8 Å². The van der Waals surface area contributed by atoms with Crippen LogP contribution in [0.3, 0.4) is 0 Å². The number of benzene rings is 1. The normalized spacial score (nSPS) is 24.1. The molecule has 1 saturated carbocycles. The Morgan fingerprint density at radius 1 is 1.31 bits per heavy atom. The van der Waals surface area contributed by atoms with Gasteiger partial charge in [0.1, 0.15) is 0 Å². The number of halogens is 1. The Hall–Kier alpha value is -1.07. The lowest BCUT2D eigenvalue weighted by atomic mass is 10.4. The fourth-order valence-corrected chi connectivity index (χ4v) is 3.57. The Morgan fingerprint density at radius 2 is 1.88 bits per heavy atom. The minimum Gasteiger partial charge on any atom is -0.481 e. The fourth-order valence-electron chi connectivity index (χ4n) is 1.57. The first-order valence-corrected chi connectivity index (χ1v) is 6.57. The number of hydrogen-bond acceptors (Lipinski definition) is 3. The molecule has 2 unspecified atom stereocenters. The summed E-state index contributed by atoms with van der Waals surface area (Å²) >= 11 is 5.65. The molecule has 4 nitrogen and oxygen atoms in total. The van der Waals surface area contributed by atoms with E-state index in [2.05, 4.69) is 0 Å². The van der Waals surface area contributed by atoms with Crippen LogP contribution in [0, 0.1) is 5.92 Å². The summed E-state index contributed by atoms with van der Waals surface area (Å²) in [6.07, 6.45) is 0.195. The fraction of sp³-hybridized carbons (Fsp3) is 0.300. The number of sulfone groups is 1. The number of hydrogen-bond donors (Lipinski definition) is 1. The van der Waals surface area contributed by atoms with Crippen molar-refractivity contribution in [3.8, 4) is 0 Å². The first-order chi connectivity index (χ1) is 7.43. The molecule has 86 valence electrons. The van der Waals surface area contributed by atoms with Gasteiger partial charge in [-0.15, -0.1) is 0 Å². The van der Waals surface area contributed by atoms with E-state index in [-0.39, 0.29) is 11.3 Å². The van der Waals surface area contributed by atoms with Crippen LogP contribution in [-0.4, -0.2) is 24.7 Å². The van der Waals surface area contributed by atoms with Gasteiger partial charge in [-0.2, -0.15) is 0 Å². The van der Waals surface area contributed by atoms with E-state index in [0.717, 1.165) is 0 Å². The molecule has 0 bridgehead atoms. The molecule has 0 aromatic heterocycles. The molecule has 1 aliphatic rings. The quantitative estimate of drug-likeness (QED) is 0.896. The second-order valence-corrected chi connectivity index (χ2v) is 6.32. The highest BCUT2D eigenvalue weighted by atomic mass is 35.5. The topological polar surface area (TPSA) is 71.4 Å². The zero-order chi connectivity index (χ0) is 11.9. The van der Waals surface area contributed by atoms with Crippen molar-refractivity contribution in [3.63, 3.8) is 0 Å². The predicted octanol–water partition coefficient (Wildman–Crippen LogP) is 1.59. The van der Waals surface area contributed by atoms with Gasteiger partial charge in [-0.05, 0) is 30.7 Å². The summed E-state index contributed by atoms with van der Waals surface area (Å²) in [7, 11) is -3.52. The summed E-state index contributed by atoms with van der Waals surface area (Å²) in [5.41, 5.74) is 0. The maximum absolute atomic E-state index is 11.9. The Balaban J connectivity index is 2.28. The Bertz CT molecular complexity index is 520. The Morgan fingerprint density at radius 3 is 2.31 bits per heavy atom. The largest absolute Gasteiger partial charge is 0.481 e. The molecule has 0 amide bonds. The van der Waals surface area contributed by atoms with Crippen LogP contribution < -0.4 is 0 Å². The SMILES string of the molecule is O=C(O)C1CC1S(=O)(=O)c1ccc(Cl)cc1. The summed E-state index contributed by atoms with van der Waals surface area (Å²) < 4.78 is 23.8. The van der Waals surface area contributed by atoms with E-state index in [1.54, 1.807) is 0 Å². The van der Waals surface area contributed by atoms with Gasteiger partial charge >= 0.3 is 5.97 Å². The molecule has 1 aliphatic carbocycles. The molecule has 2 atom stereocenters. The number of carbonyl (C=O) groups is 1. The van der Waals surface area contributed by atoms with Gasteiger partial charge in [0.2, 0.25) is 0 Å². The van der Waals surface area contributed by atoms with E-state index < -0.39 is 27.0 Å². The smallest absolute Gasteiger partial charge is 0.307 e. The van der Waals surface area contributed by atoms with E-state index in [1.165, 1.54) is 24.3 Å². The van der Waals surface area contributed by atoms with Crippen LogP contribution in [0.1, 0.15) is 6.42 Å². The third kappa shape index (κ3) is 1.92. The number of aliphatic carboxylic acids is 1. The highest BCUT2D eigenvalue weighted by molar-refractivity contribution is 7.92. The molecule has 0 radical (unpaired) electrons. The van der Waals surface area contributed by atoms with Gasteiger partial charge in [0.15, 0.2) is 9.84 Å². The van der Waals surface area contributed by atoms with Crippen molar-refractivity contribution < 1.29 is 18.3 Å². The zero-order valence-electron chi connectivity index (χ0n) is 8.13. The minimum absolute atomic E-state index is 0.130. The van der Waals surface area contributed by atoms with Crippen LogP contribution in [0.4, 0.5) is 0 Å². The maximum atomic E-state index is 11.9. The molecule has 1 fully saturated rings. The number of carboxylic acids is 1. The maximum Gasteiger partial charge on any atom is 0.307 e. The molecular weight excluding hydrogens is 252 g/mol. The summed E-state index contributed by atoms with van der Waals surface area (Å²) in [5, 5.41) is 8.36. The number of rotatable bonds is 3. The lowest BCUT2D eigenvalue weighted by Gasteiger charge is -2.02. The van der Waals surface area contributed by atoms with Crippen molar-refractivity contribution in [2.45, 2.75) is 16.6 Å². The average Bonchev–Trinajstić information content (AvgIpc) is 2.98. The lowest BCUT2D eigenvalue weighted by molar-refractivity contribution is -0.138. The van der Waals surface area contributed by atoms with E-state index in [4.69, 9.17) is 16.7 Å². The summed E-state index contributed by atoms with van der Waals surface area (Å²) in [4.78, 5) is 10.7. The predicted molar refractivity (Wildman–Crippen MR) is 58.2 cm³/mol. The first kappa shape index (κ1) is 11.4. The van der Waals surface area contributed by atoms with Gasteiger partial charge in [0, 0.05) is 5.02 Å². The van der Waals surface area contributed by atoms with Gasteiger partial charge in [0.05, 0.1) is 16.1 Å². The lowest BCUT2D eigenvalue weighted by Crippen LogP contribution is -2.13. The summed E-state index contributed by atoms with van der Waals surface area (Å²) in [5.74, 6) is -1.82. The van der Waals surface area contributed by atoms with Gasteiger partial charge in [-0.1, -0.05) is 11.6 Å². The molecular formula is C10H9ClO4S. The monoisotopic (exact) mass is 260 g/mol. The summed E-state index contributed by atoms with van der Waals surface area (Å²) in [6.45, 7) is 0. The van der Waals surface area contributed by atoms with Crippen LogP contribution in [0.25, 0.3) is 0 Å². The molecule has 6 heteroatoms. The van der Waals surface area contributed by atoms with E-state index in [1.807, 2.05) is 0 Å². The molecule has 16 heavy (non-hydrogen) atoms. The van der Waals surface area contributed by atoms with Crippen molar-refractivity contribution >= 4 is 27.4 Å². The van der Waals surface area contributed by atoms with Crippen LogP contribution >= 0.6 is 11.6 Å². The molecule has 0 spiro atoms. The van der Waals surface area contributed by atoms with Gasteiger partial charge in [-0.3, -0.25) is 4.79 Å². The van der Waals surface area contributed by atoms with Crippen molar-refractivity contribution in [1.29, 1.82) is 0 Å². The average molecular weight is 261 g/mol. The molecule has 1 N–H and O–H groups in total. The van der Waals surface area contributed by atoms with E-state index in [9.17, 15) is 13.2 Å².